The number of phenols is 1. The van der Waals surface area contributed by atoms with E-state index in [0.717, 1.165) is 22.9 Å². The molecule has 0 fully saturated rings. The second kappa shape index (κ2) is 5.43. The Hall–Kier alpha value is -1.84. The third-order valence-corrected chi connectivity index (χ3v) is 3.96. The van der Waals surface area contributed by atoms with Crippen LogP contribution >= 0.6 is 11.3 Å². The molecule has 3 heteroatoms. The van der Waals surface area contributed by atoms with Crippen molar-refractivity contribution >= 4 is 22.1 Å². The van der Waals surface area contributed by atoms with E-state index in [4.69, 9.17) is 0 Å². The zero-order valence-electron chi connectivity index (χ0n) is 10.5. The molecule has 0 spiro atoms. The van der Waals surface area contributed by atoms with E-state index in [1.165, 1.54) is 5.56 Å². The highest BCUT2D eigenvalue weighted by atomic mass is 32.1. The van der Waals surface area contributed by atoms with Crippen LogP contribution in [0.3, 0.4) is 0 Å². The molecule has 3 aromatic rings. The molecule has 19 heavy (non-hydrogen) atoms. The minimum Gasteiger partial charge on any atom is -0.508 e. The van der Waals surface area contributed by atoms with Gasteiger partial charge >= 0.3 is 0 Å². The molecular weight excluding hydrogens is 254 g/mol. The van der Waals surface area contributed by atoms with Crippen molar-refractivity contribution in [2.45, 2.75) is 13.1 Å². The van der Waals surface area contributed by atoms with E-state index in [9.17, 15) is 5.11 Å². The summed E-state index contributed by atoms with van der Waals surface area (Å²) >= 11 is 1.70. The number of aromatic hydroxyl groups is 1. The van der Waals surface area contributed by atoms with Crippen molar-refractivity contribution in [1.82, 2.24) is 5.32 Å². The molecule has 0 unspecified atom stereocenters. The maximum absolute atomic E-state index is 10.0. The Morgan fingerprint density at radius 1 is 1.00 bits per heavy atom. The summed E-state index contributed by atoms with van der Waals surface area (Å²) in [5, 5.41) is 19.9. The van der Waals surface area contributed by atoms with Gasteiger partial charge < -0.3 is 10.4 Å². The second-order valence-corrected chi connectivity index (χ2v) is 5.30. The van der Waals surface area contributed by atoms with Gasteiger partial charge in [0.2, 0.25) is 0 Å². The molecule has 1 heterocycles. The summed E-state index contributed by atoms with van der Waals surface area (Å²) in [6, 6.07) is 14.0. The van der Waals surface area contributed by atoms with E-state index in [1.807, 2.05) is 18.2 Å². The summed E-state index contributed by atoms with van der Waals surface area (Å²) in [4.78, 5) is 0. The van der Waals surface area contributed by atoms with Crippen LogP contribution in [0.5, 0.6) is 5.75 Å². The van der Waals surface area contributed by atoms with Crippen LogP contribution in [0.1, 0.15) is 11.1 Å². The summed E-state index contributed by atoms with van der Waals surface area (Å²) < 4.78 is 0. The highest BCUT2D eigenvalue weighted by molar-refractivity contribution is 7.07. The molecule has 0 bridgehead atoms. The van der Waals surface area contributed by atoms with Crippen LogP contribution in [-0.4, -0.2) is 5.11 Å². The molecule has 0 atom stereocenters. The molecule has 0 radical (unpaired) electrons. The Bertz CT molecular complexity index is 676. The van der Waals surface area contributed by atoms with Crippen LogP contribution in [0.2, 0.25) is 0 Å². The molecular formula is C16H15NOS. The molecule has 3 rings (SSSR count). The molecule has 1 aromatic heterocycles. The third-order valence-electron chi connectivity index (χ3n) is 3.23. The Morgan fingerprint density at radius 3 is 2.74 bits per heavy atom. The first-order chi connectivity index (χ1) is 9.34. The molecule has 0 aliphatic carbocycles. The van der Waals surface area contributed by atoms with E-state index in [0.29, 0.717) is 12.3 Å². The number of nitrogens with one attached hydrogen (secondary N) is 1. The van der Waals surface area contributed by atoms with Gasteiger partial charge in [-0.15, -0.1) is 0 Å². The van der Waals surface area contributed by atoms with E-state index in [2.05, 4.69) is 34.3 Å². The third kappa shape index (κ3) is 2.62. The Morgan fingerprint density at radius 2 is 1.89 bits per heavy atom. The van der Waals surface area contributed by atoms with Crippen LogP contribution < -0.4 is 5.32 Å². The predicted octanol–water partition coefficient (Wildman–Crippen LogP) is 3.90. The number of rotatable bonds is 4. The van der Waals surface area contributed by atoms with Gasteiger partial charge in [0.1, 0.15) is 5.75 Å². The number of thiophene rings is 1. The second-order valence-electron chi connectivity index (χ2n) is 4.52. The normalized spacial score (nSPS) is 10.9. The fraction of sp³-hybridized carbons (Fsp3) is 0.125. The highest BCUT2D eigenvalue weighted by Gasteiger charge is 2.06. The standard InChI is InChI=1S/C16H15NOS/c18-16-6-5-13-3-1-2-4-14(13)15(16)10-17-9-12-7-8-19-11-12/h1-8,11,17-18H,9-10H2. The fourth-order valence-electron chi connectivity index (χ4n) is 2.24. The minimum absolute atomic E-state index is 0.358. The Labute approximate surface area is 116 Å². The van der Waals surface area contributed by atoms with Crippen LogP contribution in [0, 0.1) is 0 Å². The van der Waals surface area contributed by atoms with Crippen molar-refractivity contribution in [2.75, 3.05) is 0 Å². The fourth-order valence-corrected chi connectivity index (χ4v) is 2.90. The van der Waals surface area contributed by atoms with Crippen molar-refractivity contribution in [1.29, 1.82) is 0 Å². The number of benzene rings is 2. The van der Waals surface area contributed by atoms with Gasteiger partial charge in [-0.05, 0) is 39.2 Å². The summed E-state index contributed by atoms with van der Waals surface area (Å²) in [6.45, 7) is 1.50. The average molecular weight is 269 g/mol. The van der Waals surface area contributed by atoms with Gasteiger partial charge in [-0.25, -0.2) is 0 Å². The lowest BCUT2D eigenvalue weighted by Gasteiger charge is -2.10. The maximum atomic E-state index is 10.0. The van der Waals surface area contributed by atoms with Gasteiger partial charge in [0.05, 0.1) is 0 Å². The van der Waals surface area contributed by atoms with Crippen molar-refractivity contribution in [3.05, 3.63) is 64.4 Å². The molecule has 2 aromatic carbocycles. The van der Waals surface area contributed by atoms with Crippen LogP contribution in [0.25, 0.3) is 10.8 Å². The van der Waals surface area contributed by atoms with E-state index in [-0.39, 0.29) is 0 Å². The first kappa shape index (κ1) is 12.2. The number of hydrogen-bond acceptors (Lipinski definition) is 3. The summed E-state index contributed by atoms with van der Waals surface area (Å²) in [7, 11) is 0. The van der Waals surface area contributed by atoms with Gasteiger partial charge in [-0.1, -0.05) is 30.3 Å². The molecule has 0 aliphatic heterocycles. The summed E-state index contributed by atoms with van der Waals surface area (Å²) in [5.74, 6) is 0.358. The van der Waals surface area contributed by atoms with Crippen molar-refractivity contribution < 1.29 is 5.11 Å². The molecule has 0 amide bonds. The van der Waals surface area contributed by atoms with Gasteiger partial charge in [0, 0.05) is 18.7 Å². The number of fused-ring (bicyclic) bond motifs is 1. The molecule has 2 nitrogen and oxygen atoms in total. The van der Waals surface area contributed by atoms with Crippen molar-refractivity contribution in [3.8, 4) is 5.75 Å². The van der Waals surface area contributed by atoms with Gasteiger partial charge in [0.15, 0.2) is 0 Å². The lowest BCUT2D eigenvalue weighted by atomic mass is 10.0. The zero-order valence-corrected chi connectivity index (χ0v) is 11.3. The lowest BCUT2D eigenvalue weighted by Crippen LogP contribution is -2.12. The van der Waals surface area contributed by atoms with Gasteiger partial charge in [-0.2, -0.15) is 11.3 Å². The number of phenolic OH excluding ortho intramolecular Hbond substituents is 1. The monoisotopic (exact) mass is 269 g/mol. The van der Waals surface area contributed by atoms with Gasteiger partial charge in [0.25, 0.3) is 0 Å². The smallest absolute Gasteiger partial charge is 0.120 e. The predicted molar refractivity (Wildman–Crippen MR) is 80.5 cm³/mol. The quantitative estimate of drug-likeness (QED) is 0.753. The van der Waals surface area contributed by atoms with Crippen LogP contribution in [0.15, 0.2) is 53.2 Å². The summed E-state index contributed by atoms with van der Waals surface area (Å²) in [6.07, 6.45) is 0. The Kier molecular flexibility index (Phi) is 3.49. The average Bonchev–Trinajstić information content (AvgIpc) is 2.94. The molecule has 0 saturated heterocycles. The maximum Gasteiger partial charge on any atom is 0.120 e. The summed E-state index contributed by atoms with van der Waals surface area (Å²) in [5.41, 5.74) is 2.25. The highest BCUT2D eigenvalue weighted by Crippen LogP contribution is 2.26. The van der Waals surface area contributed by atoms with Gasteiger partial charge in [-0.3, -0.25) is 0 Å². The zero-order chi connectivity index (χ0) is 13.1. The van der Waals surface area contributed by atoms with Crippen molar-refractivity contribution in [2.24, 2.45) is 0 Å². The largest absolute Gasteiger partial charge is 0.508 e. The lowest BCUT2D eigenvalue weighted by molar-refractivity contribution is 0.466. The van der Waals surface area contributed by atoms with E-state index in [1.54, 1.807) is 17.4 Å². The topological polar surface area (TPSA) is 32.3 Å². The first-order valence-electron chi connectivity index (χ1n) is 6.26. The van der Waals surface area contributed by atoms with Crippen LogP contribution in [0.4, 0.5) is 0 Å². The van der Waals surface area contributed by atoms with E-state index < -0.39 is 0 Å². The molecule has 0 aliphatic rings. The Balaban J connectivity index is 1.81. The van der Waals surface area contributed by atoms with Crippen LogP contribution in [-0.2, 0) is 13.1 Å². The number of hydrogen-bond donors (Lipinski definition) is 2. The van der Waals surface area contributed by atoms with Crippen molar-refractivity contribution in [3.63, 3.8) is 0 Å². The molecule has 2 N–H and O–H groups in total. The van der Waals surface area contributed by atoms with E-state index >= 15 is 0 Å². The first-order valence-corrected chi connectivity index (χ1v) is 7.20. The molecule has 0 saturated carbocycles. The molecule has 96 valence electrons. The SMILES string of the molecule is Oc1ccc2ccccc2c1CNCc1ccsc1. The minimum atomic E-state index is 0.358.